The molecule has 1 aromatic carbocycles. The highest BCUT2D eigenvalue weighted by atomic mass is 16.2. The number of rotatable bonds is 7. The van der Waals surface area contributed by atoms with Gasteiger partial charge in [-0.2, -0.15) is 0 Å². The lowest BCUT2D eigenvalue weighted by molar-refractivity contribution is -0.122. The van der Waals surface area contributed by atoms with Crippen LogP contribution in [0.25, 0.3) is 11.0 Å². The smallest absolute Gasteiger partial charge is 0.294 e. The van der Waals surface area contributed by atoms with Crippen molar-refractivity contribution in [1.29, 1.82) is 0 Å². The van der Waals surface area contributed by atoms with Crippen molar-refractivity contribution in [2.75, 3.05) is 31.6 Å². The van der Waals surface area contributed by atoms with Crippen molar-refractivity contribution in [1.82, 2.24) is 20.2 Å². The number of carbonyl (C=O) groups excluding carboxylic acids is 2. The fraction of sp³-hybridized carbons (Fsp3) is 0.474. The summed E-state index contributed by atoms with van der Waals surface area (Å²) in [4.78, 5) is 42.9. The third kappa shape index (κ3) is 4.45. The molecular formula is C19H25N5O3. The first-order valence-electron chi connectivity index (χ1n) is 9.32. The SMILES string of the molecule is CNC(=O)CCNC(=O)CCn1c(=O)c(N2CCCC2)nc2ccccc21. The van der Waals surface area contributed by atoms with Crippen molar-refractivity contribution in [3.63, 3.8) is 0 Å². The molecule has 8 nitrogen and oxygen atoms in total. The molecule has 1 saturated heterocycles. The summed E-state index contributed by atoms with van der Waals surface area (Å²) in [6.07, 6.45) is 2.52. The first-order chi connectivity index (χ1) is 13.1. The molecule has 2 aromatic rings. The number of para-hydroxylation sites is 2. The number of nitrogens with one attached hydrogen (secondary N) is 2. The van der Waals surface area contributed by atoms with Gasteiger partial charge in [0.15, 0.2) is 5.82 Å². The molecule has 1 aliphatic heterocycles. The van der Waals surface area contributed by atoms with Crippen LogP contribution < -0.4 is 21.1 Å². The highest BCUT2D eigenvalue weighted by Crippen LogP contribution is 2.18. The predicted molar refractivity (Wildman–Crippen MR) is 104 cm³/mol. The summed E-state index contributed by atoms with van der Waals surface area (Å²) < 4.78 is 1.63. The number of nitrogens with zero attached hydrogens (tertiary/aromatic N) is 3. The summed E-state index contributed by atoms with van der Waals surface area (Å²) in [5.41, 5.74) is 1.32. The first-order valence-corrected chi connectivity index (χ1v) is 9.32. The maximum Gasteiger partial charge on any atom is 0.294 e. The summed E-state index contributed by atoms with van der Waals surface area (Å²) in [5.74, 6) is 0.155. The van der Waals surface area contributed by atoms with E-state index in [2.05, 4.69) is 15.6 Å². The van der Waals surface area contributed by atoms with Crippen LogP contribution in [0.3, 0.4) is 0 Å². The Morgan fingerprint density at radius 2 is 1.85 bits per heavy atom. The molecule has 0 spiro atoms. The van der Waals surface area contributed by atoms with Crippen LogP contribution in [0.1, 0.15) is 25.7 Å². The molecule has 3 rings (SSSR count). The molecule has 0 saturated carbocycles. The van der Waals surface area contributed by atoms with Crippen LogP contribution in [0.5, 0.6) is 0 Å². The maximum atomic E-state index is 13.0. The van der Waals surface area contributed by atoms with E-state index in [0.29, 0.717) is 5.82 Å². The summed E-state index contributed by atoms with van der Waals surface area (Å²) in [6, 6.07) is 7.48. The van der Waals surface area contributed by atoms with E-state index in [1.807, 2.05) is 29.2 Å². The molecule has 144 valence electrons. The van der Waals surface area contributed by atoms with E-state index in [1.54, 1.807) is 11.6 Å². The lowest BCUT2D eigenvalue weighted by Crippen LogP contribution is -2.34. The Morgan fingerprint density at radius 3 is 2.59 bits per heavy atom. The van der Waals surface area contributed by atoms with Crippen LogP contribution in [0.4, 0.5) is 5.82 Å². The standard InChI is InChI=1S/C19H25N5O3/c1-20-16(25)8-10-21-17(26)9-13-24-15-7-3-2-6-14(15)22-18(19(24)27)23-11-4-5-12-23/h2-3,6-7H,4-5,8-13H2,1H3,(H,20,25)(H,21,26). The predicted octanol–water partition coefficient (Wildman–Crippen LogP) is 0.639. The average Bonchev–Trinajstić information content (AvgIpc) is 3.21. The van der Waals surface area contributed by atoms with Gasteiger partial charge in [0.2, 0.25) is 11.8 Å². The van der Waals surface area contributed by atoms with E-state index in [4.69, 9.17) is 0 Å². The maximum absolute atomic E-state index is 13.0. The van der Waals surface area contributed by atoms with Crippen LogP contribution >= 0.6 is 0 Å². The van der Waals surface area contributed by atoms with Crippen molar-refractivity contribution in [3.8, 4) is 0 Å². The summed E-state index contributed by atoms with van der Waals surface area (Å²) >= 11 is 0. The van der Waals surface area contributed by atoms with Crippen molar-refractivity contribution in [2.24, 2.45) is 0 Å². The van der Waals surface area contributed by atoms with Crippen LogP contribution in [0.2, 0.25) is 0 Å². The van der Waals surface area contributed by atoms with E-state index in [-0.39, 0.29) is 43.3 Å². The largest absolute Gasteiger partial charge is 0.359 e. The molecule has 0 radical (unpaired) electrons. The number of benzene rings is 1. The molecule has 1 fully saturated rings. The van der Waals surface area contributed by atoms with Gasteiger partial charge < -0.3 is 20.1 Å². The highest BCUT2D eigenvalue weighted by Gasteiger charge is 2.20. The third-order valence-electron chi connectivity index (χ3n) is 4.76. The zero-order chi connectivity index (χ0) is 19.2. The number of aryl methyl sites for hydroxylation is 1. The molecular weight excluding hydrogens is 346 g/mol. The van der Waals surface area contributed by atoms with Gasteiger partial charge in [-0.15, -0.1) is 0 Å². The van der Waals surface area contributed by atoms with Gasteiger partial charge in [0.1, 0.15) is 0 Å². The van der Waals surface area contributed by atoms with E-state index >= 15 is 0 Å². The van der Waals surface area contributed by atoms with E-state index in [0.717, 1.165) is 37.0 Å². The van der Waals surface area contributed by atoms with Crippen molar-refractivity contribution < 1.29 is 9.59 Å². The zero-order valence-electron chi connectivity index (χ0n) is 15.5. The quantitative estimate of drug-likeness (QED) is 0.745. The summed E-state index contributed by atoms with van der Waals surface area (Å²) in [5, 5.41) is 5.22. The minimum atomic E-state index is -0.186. The van der Waals surface area contributed by atoms with Crippen LogP contribution in [-0.2, 0) is 16.1 Å². The Balaban J connectivity index is 1.76. The van der Waals surface area contributed by atoms with Crippen LogP contribution in [0, 0.1) is 0 Å². The van der Waals surface area contributed by atoms with Gasteiger partial charge in [-0.25, -0.2) is 4.98 Å². The molecule has 2 amide bonds. The van der Waals surface area contributed by atoms with Gasteiger partial charge in [-0.05, 0) is 25.0 Å². The molecule has 0 atom stereocenters. The molecule has 1 aliphatic rings. The number of carbonyl (C=O) groups is 2. The molecule has 2 heterocycles. The average molecular weight is 371 g/mol. The minimum absolute atomic E-state index is 0.123. The monoisotopic (exact) mass is 371 g/mol. The van der Waals surface area contributed by atoms with Crippen molar-refractivity contribution in [3.05, 3.63) is 34.6 Å². The second-order valence-corrected chi connectivity index (χ2v) is 6.60. The third-order valence-corrected chi connectivity index (χ3v) is 4.76. The Kier molecular flexibility index (Phi) is 6.05. The molecule has 0 aliphatic carbocycles. The number of fused-ring (bicyclic) bond motifs is 1. The normalized spacial score (nSPS) is 13.7. The molecule has 8 heteroatoms. The fourth-order valence-electron chi connectivity index (χ4n) is 3.28. The van der Waals surface area contributed by atoms with Crippen molar-refractivity contribution in [2.45, 2.75) is 32.2 Å². The van der Waals surface area contributed by atoms with Gasteiger partial charge in [-0.1, -0.05) is 12.1 Å². The lowest BCUT2D eigenvalue weighted by Gasteiger charge is -2.19. The Morgan fingerprint density at radius 1 is 1.11 bits per heavy atom. The minimum Gasteiger partial charge on any atom is -0.359 e. The molecule has 0 unspecified atom stereocenters. The van der Waals surface area contributed by atoms with Gasteiger partial charge >= 0.3 is 0 Å². The topological polar surface area (TPSA) is 96.3 Å². The van der Waals surface area contributed by atoms with Gasteiger partial charge in [0.25, 0.3) is 5.56 Å². The molecule has 0 bridgehead atoms. The van der Waals surface area contributed by atoms with E-state index in [9.17, 15) is 14.4 Å². The number of hydrogen-bond acceptors (Lipinski definition) is 5. The second kappa shape index (κ2) is 8.66. The fourth-order valence-corrected chi connectivity index (χ4v) is 3.28. The summed E-state index contributed by atoms with van der Waals surface area (Å²) in [6.45, 7) is 2.22. The highest BCUT2D eigenvalue weighted by molar-refractivity contribution is 5.79. The van der Waals surface area contributed by atoms with Crippen LogP contribution in [-0.4, -0.2) is 48.0 Å². The van der Waals surface area contributed by atoms with E-state index < -0.39 is 0 Å². The Hall–Kier alpha value is -2.90. The summed E-state index contributed by atoms with van der Waals surface area (Å²) in [7, 11) is 1.56. The molecule has 2 N–H and O–H groups in total. The van der Waals surface area contributed by atoms with Crippen LogP contribution in [0.15, 0.2) is 29.1 Å². The first kappa shape index (κ1) is 18.9. The number of anilines is 1. The van der Waals surface area contributed by atoms with E-state index in [1.165, 1.54) is 0 Å². The number of aromatic nitrogens is 2. The Bertz CT molecular complexity index is 887. The second-order valence-electron chi connectivity index (χ2n) is 6.60. The lowest BCUT2D eigenvalue weighted by atomic mass is 10.2. The number of hydrogen-bond donors (Lipinski definition) is 2. The van der Waals surface area contributed by atoms with Gasteiger partial charge in [0.05, 0.1) is 11.0 Å². The number of amides is 2. The molecule has 27 heavy (non-hydrogen) atoms. The van der Waals surface area contributed by atoms with Crippen molar-refractivity contribution >= 4 is 28.7 Å². The van der Waals surface area contributed by atoms with Gasteiger partial charge in [-0.3, -0.25) is 14.4 Å². The van der Waals surface area contributed by atoms with Gasteiger partial charge in [0, 0.05) is 46.1 Å². The molecule has 1 aromatic heterocycles. The zero-order valence-corrected chi connectivity index (χ0v) is 15.5. The Labute approximate surface area is 157 Å².